The van der Waals surface area contributed by atoms with Crippen LogP contribution in [-0.2, 0) is 17.8 Å². The minimum absolute atomic E-state index is 0.0840. The van der Waals surface area contributed by atoms with E-state index in [1.54, 1.807) is 4.90 Å². The molecule has 0 atom stereocenters. The monoisotopic (exact) mass is 366 g/mol. The van der Waals surface area contributed by atoms with Crippen molar-refractivity contribution >= 4 is 33.7 Å². The number of fused-ring (bicyclic) bond motifs is 2. The lowest BCUT2D eigenvalue weighted by Crippen LogP contribution is -2.27. The average molecular weight is 366 g/mol. The van der Waals surface area contributed by atoms with Crippen molar-refractivity contribution in [2.45, 2.75) is 13.0 Å². The number of rotatable bonds is 5. The number of nitrogens with one attached hydrogen (secondary N) is 1. The summed E-state index contributed by atoms with van der Waals surface area (Å²) in [6.45, 7) is 0.580. The lowest BCUT2D eigenvalue weighted by molar-refractivity contribution is -0.129. The van der Waals surface area contributed by atoms with Gasteiger partial charge in [-0.3, -0.25) is 4.79 Å². The molecule has 138 valence electrons. The molecule has 0 fully saturated rings. The van der Waals surface area contributed by atoms with Gasteiger partial charge in [0, 0.05) is 19.8 Å². The third kappa shape index (κ3) is 3.39. The molecular formula is C25H22N2O. The van der Waals surface area contributed by atoms with E-state index in [4.69, 9.17) is 5.41 Å². The fraction of sp³-hybridized carbons (Fsp3) is 0.120. The van der Waals surface area contributed by atoms with Crippen LogP contribution in [0.15, 0.2) is 78.9 Å². The predicted molar refractivity (Wildman–Crippen MR) is 116 cm³/mol. The molecule has 0 radical (unpaired) electrons. The number of carbonyl (C=O) groups is 1. The van der Waals surface area contributed by atoms with Crippen LogP contribution >= 0.6 is 0 Å². The molecule has 0 heterocycles. The second kappa shape index (κ2) is 7.65. The third-order valence-electron chi connectivity index (χ3n) is 5.26. The molecule has 0 saturated heterocycles. The molecule has 0 aromatic heterocycles. The van der Waals surface area contributed by atoms with Gasteiger partial charge in [0.15, 0.2) is 0 Å². The van der Waals surface area contributed by atoms with E-state index in [2.05, 4.69) is 24.3 Å². The van der Waals surface area contributed by atoms with Crippen molar-refractivity contribution in [2.24, 2.45) is 0 Å². The molecule has 0 saturated carbocycles. The predicted octanol–water partition coefficient (Wildman–Crippen LogP) is 5.19. The van der Waals surface area contributed by atoms with Gasteiger partial charge in [0.1, 0.15) is 0 Å². The minimum atomic E-state index is 0.0840. The van der Waals surface area contributed by atoms with E-state index in [0.29, 0.717) is 13.0 Å². The van der Waals surface area contributed by atoms with Crippen molar-refractivity contribution in [2.75, 3.05) is 7.05 Å². The van der Waals surface area contributed by atoms with Crippen LogP contribution in [-0.4, -0.2) is 24.1 Å². The maximum atomic E-state index is 12.9. The molecule has 4 aromatic carbocycles. The van der Waals surface area contributed by atoms with E-state index in [9.17, 15) is 4.79 Å². The fourth-order valence-corrected chi connectivity index (χ4v) is 3.74. The first-order chi connectivity index (χ1) is 13.7. The number of hydrogen-bond donors (Lipinski definition) is 1. The summed E-state index contributed by atoms with van der Waals surface area (Å²) in [4.78, 5) is 14.7. The number of benzene rings is 4. The van der Waals surface area contributed by atoms with Crippen molar-refractivity contribution < 1.29 is 4.79 Å². The van der Waals surface area contributed by atoms with E-state index in [0.717, 1.165) is 27.5 Å². The molecule has 3 heteroatoms. The zero-order valence-electron chi connectivity index (χ0n) is 15.9. The molecule has 1 N–H and O–H groups in total. The number of amides is 1. The van der Waals surface area contributed by atoms with Crippen LogP contribution in [0.5, 0.6) is 0 Å². The third-order valence-corrected chi connectivity index (χ3v) is 5.26. The Morgan fingerprint density at radius 2 is 1.50 bits per heavy atom. The number of carbonyl (C=O) groups excluding carboxylic acids is 1. The Bertz CT molecular complexity index is 1170. The van der Waals surface area contributed by atoms with Crippen molar-refractivity contribution in [3.63, 3.8) is 0 Å². The van der Waals surface area contributed by atoms with Crippen molar-refractivity contribution in [1.29, 1.82) is 5.41 Å². The lowest BCUT2D eigenvalue weighted by atomic mass is 9.97. The summed E-state index contributed by atoms with van der Waals surface area (Å²) in [6.07, 6.45) is 1.71. The Labute approximate surface area is 164 Å². The Morgan fingerprint density at radius 1 is 0.821 bits per heavy atom. The standard InChI is InChI=1S/C25H22N2O/c1-27(17-21-9-6-8-18-7-2-3-10-22(18)21)25(28)15-19-13-14-20(16-26)24-12-5-4-11-23(19)24/h2-14,16,26H,15,17H2,1H3. The molecule has 0 spiro atoms. The fourth-order valence-electron chi connectivity index (χ4n) is 3.74. The van der Waals surface area contributed by atoms with Crippen LogP contribution < -0.4 is 0 Å². The summed E-state index contributed by atoms with van der Waals surface area (Å²) in [5, 5.41) is 12.0. The highest BCUT2D eigenvalue weighted by atomic mass is 16.2. The Balaban J connectivity index is 1.59. The Kier molecular flexibility index (Phi) is 4.90. The largest absolute Gasteiger partial charge is 0.341 e. The summed E-state index contributed by atoms with van der Waals surface area (Å²) in [6, 6.07) is 26.3. The molecule has 1 amide bonds. The molecule has 3 nitrogen and oxygen atoms in total. The van der Waals surface area contributed by atoms with Gasteiger partial charge in [0.2, 0.25) is 5.91 Å². The summed E-state index contributed by atoms with van der Waals surface area (Å²) in [7, 11) is 1.86. The van der Waals surface area contributed by atoms with Gasteiger partial charge in [-0.25, -0.2) is 0 Å². The molecule has 28 heavy (non-hydrogen) atoms. The van der Waals surface area contributed by atoms with Crippen LogP contribution in [0.3, 0.4) is 0 Å². The molecule has 0 bridgehead atoms. The number of likely N-dealkylation sites (N-methyl/N-ethyl adjacent to an activating group) is 1. The first kappa shape index (κ1) is 17.9. The highest BCUT2D eigenvalue weighted by Crippen LogP contribution is 2.24. The topological polar surface area (TPSA) is 44.2 Å². The second-order valence-corrected chi connectivity index (χ2v) is 7.07. The second-order valence-electron chi connectivity index (χ2n) is 7.07. The molecule has 0 aliphatic heterocycles. The van der Waals surface area contributed by atoms with E-state index < -0.39 is 0 Å². The zero-order chi connectivity index (χ0) is 19.5. The van der Waals surface area contributed by atoms with Crippen LogP contribution in [0, 0.1) is 5.41 Å². The molecule has 4 rings (SSSR count). The maximum absolute atomic E-state index is 12.9. The van der Waals surface area contributed by atoms with Crippen LogP contribution in [0.1, 0.15) is 16.7 Å². The van der Waals surface area contributed by atoms with E-state index >= 15 is 0 Å². The lowest BCUT2D eigenvalue weighted by Gasteiger charge is -2.19. The molecule has 4 aromatic rings. The first-order valence-corrected chi connectivity index (χ1v) is 9.39. The van der Waals surface area contributed by atoms with Crippen molar-refractivity contribution in [3.8, 4) is 0 Å². The van der Waals surface area contributed by atoms with Gasteiger partial charge in [0.05, 0.1) is 6.42 Å². The molecule has 0 unspecified atom stereocenters. The van der Waals surface area contributed by atoms with Crippen LogP contribution in [0.2, 0.25) is 0 Å². The van der Waals surface area contributed by atoms with Crippen LogP contribution in [0.4, 0.5) is 0 Å². The highest BCUT2D eigenvalue weighted by Gasteiger charge is 2.14. The smallest absolute Gasteiger partial charge is 0.227 e. The summed E-state index contributed by atoms with van der Waals surface area (Å²) < 4.78 is 0. The molecular weight excluding hydrogens is 344 g/mol. The normalized spacial score (nSPS) is 10.9. The van der Waals surface area contributed by atoms with Gasteiger partial charge >= 0.3 is 0 Å². The number of nitrogens with zero attached hydrogens (tertiary/aromatic N) is 1. The van der Waals surface area contributed by atoms with E-state index in [1.807, 2.05) is 61.6 Å². The average Bonchev–Trinajstić information content (AvgIpc) is 2.74. The van der Waals surface area contributed by atoms with Gasteiger partial charge in [0.25, 0.3) is 0 Å². The van der Waals surface area contributed by atoms with Gasteiger partial charge in [-0.1, -0.05) is 78.9 Å². The van der Waals surface area contributed by atoms with Gasteiger partial charge in [-0.15, -0.1) is 0 Å². The van der Waals surface area contributed by atoms with E-state index in [-0.39, 0.29) is 5.91 Å². The summed E-state index contributed by atoms with van der Waals surface area (Å²) in [5.41, 5.74) is 3.02. The summed E-state index contributed by atoms with van der Waals surface area (Å²) in [5.74, 6) is 0.0840. The van der Waals surface area contributed by atoms with Crippen LogP contribution in [0.25, 0.3) is 21.5 Å². The first-order valence-electron chi connectivity index (χ1n) is 9.39. The molecule has 0 aliphatic rings. The van der Waals surface area contributed by atoms with Gasteiger partial charge in [-0.2, -0.15) is 0 Å². The van der Waals surface area contributed by atoms with Crippen molar-refractivity contribution in [1.82, 2.24) is 4.90 Å². The quantitative estimate of drug-likeness (QED) is 0.485. The van der Waals surface area contributed by atoms with Crippen molar-refractivity contribution in [3.05, 3.63) is 95.6 Å². The molecule has 0 aliphatic carbocycles. The Morgan fingerprint density at radius 3 is 2.29 bits per heavy atom. The highest BCUT2D eigenvalue weighted by molar-refractivity contribution is 6.01. The van der Waals surface area contributed by atoms with Gasteiger partial charge in [-0.05, 0) is 38.2 Å². The van der Waals surface area contributed by atoms with E-state index in [1.165, 1.54) is 17.0 Å². The minimum Gasteiger partial charge on any atom is -0.341 e. The maximum Gasteiger partial charge on any atom is 0.227 e. The number of hydrogen-bond acceptors (Lipinski definition) is 2. The van der Waals surface area contributed by atoms with Gasteiger partial charge < -0.3 is 10.3 Å². The SMILES string of the molecule is CN(Cc1cccc2ccccc12)C(=O)Cc1ccc(C=N)c2ccccc12. The zero-order valence-corrected chi connectivity index (χ0v) is 15.9. The summed E-state index contributed by atoms with van der Waals surface area (Å²) >= 11 is 0. The Hall–Kier alpha value is -3.46.